The average Bonchev–Trinajstić information content (AvgIpc) is 1.67. The largest absolute Gasteiger partial charge is 0.480 e. The molecule has 0 saturated heterocycles. The summed E-state index contributed by atoms with van der Waals surface area (Å²) in [5.41, 5.74) is 0. The van der Waals surface area contributed by atoms with Gasteiger partial charge in [0.25, 0.3) is 0 Å². The Morgan fingerprint density at radius 3 is 2.38 bits per heavy atom. The number of aliphatic hydroxyl groups is 1. The van der Waals surface area contributed by atoms with Crippen LogP contribution in [0.2, 0.25) is 0 Å². The molecule has 0 aromatic carbocycles. The highest BCUT2D eigenvalue weighted by molar-refractivity contribution is 6.29. The maximum absolute atomic E-state index is 9.85. The fourth-order valence-corrected chi connectivity index (χ4v) is 0.334. The molecule has 1 atom stereocenters. The summed E-state index contributed by atoms with van der Waals surface area (Å²) in [7, 11) is 0. The van der Waals surface area contributed by atoms with E-state index in [-0.39, 0.29) is 13.0 Å². The number of alkyl halides is 1. The van der Waals surface area contributed by atoms with E-state index in [9.17, 15) is 4.79 Å². The van der Waals surface area contributed by atoms with E-state index in [2.05, 4.69) is 0 Å². The molecule has 0 radical (unpaired) electrons. The lowest BCUT2D eigenvalue weighted by Crippen LogP contribution is -2.14. The van der Waals surface area contributed by atoms with Crippen LogP contribution in [0.1, 0.15) is 6.42 Å². The molecule has 0 amide bonds. The summed E-state index contributed by atoms with van der Waals surface area (Å²) in [6, 6.07) is 0. The Balaban J connectivity index is 3.32. The molecule has 0 aliphatic heterocycles. The molecule has 0 aliphatic rings. The zero-order chi connectivity index (χ0) is 6.57. The van der Waals surface area contributed by atoms with Crippen molar-refractivity contribution in [2.75, 3.05) is 6.61 Å². The van der Waals surface area contributed by atoms with Gasteiger partial charge >= 0.3 is 5.97 Å². The first-order valence-electron chi connectivity index (χ1n) is 2.16. The summed E-state index contributed by atoms with van der Waals surface area (Å²) < 4.78 is 0. The number of rotatable bonds is 3. The van der Waals surface area contributed by atoms with Gasteiger partial charge in [-0.15, -0.1) is 11.6 Å². The Hall–Kier alpha value is -0.280. The van der Waals surface area contributed by atoms with Crippen LogP contribution < -0.4 is 0 Å². The van der Waals surface area contributed by atoms with Crippen LogP contribution in [0.4, 0.5) is 0 Å². The zero-order valence-corrected chi connectivity index (χ0v) is 4.93. The Bertz CT molecular complexity index is 83.4. The smallest absolute Gasteiger partial charge is 0.321 e. The Kier molecular flexibility index (Phi) is 3.56. The third kappa shape index (κ3) is 2.82. The number of carbonyl (C=O) groups is 1. The first-order valence-corrected chi connectivity index (χ1v) is 2.60. The van der Waals surface area contributed by atoms with Crippen LogP contribution in [-0.2, 0) is 4.79 Å². The van der Waals surface area contributed by atoms with E-state index in [4.69, 9.17) is 21.8 Å². The molecular weight excluding hydrogens is 131 g/mol. The van der Waals surface area contributed by atoms with Gasteiger partial charge in [0.2, 0.25) is 0 Å². The maximum Gasteiger partial charge on any atom is 0.321 e. The van der Waals surface area contributed by atoms with E-state index in [1.165, 1.54) is 0 Å². The van der Waals surface area contributed by atoms with Crippen LogP contribution in [0, 0.1) is 0 Å². The van der Waals surface area contributed by atoms with Gasteiger partial charge in [-0.05, 0) is 6.42 Å². The first-order chi connectivity index (χ1) is 3.68. The summed E-state index contributed by atoms with van der Waals surface area (Å²) >= 11 is 5.16. The van der Waals surface area contributed by atoms with E-state index in [1.807, 2.05) is 0 Å². The van der Waals surface area contributed by atoms with E-state index >= 15 is 0 Å². The van der Waals surface area contributed by atoms with Crippen LogP contribution in [0.25, 0.3) is 0 Å². The van der Waals surface area contributed by atoms with Crippen molar-refractivity contribution in [2.24, 2.45) is 0 Å². The molecule has 0 saturated carbocycles. The molecule has 0 rings (SSSR count). The van der Waals surface area contributed by atoms with Crippen LogP contribution in [0.3, 0.4) is 0 Å². The van der Waals surface area contributed by atoms with Crippen molar-refractivity contribution in [3.8, 4) is 0 Å². The second kappa shape index (κ2) is 3.69. The minimum absolute atomic E-state index is 0.108. The van der Waals surface area contributed by atoms with Crippen molar-refractivity contribution in [1.82, 2.24) is 0 Å². The van der Waals surface area contributed by atoms with Gasteiger partial charge in [-0.2, -0.15) is 0 Å². The predicted octanol–water partition coefficient (Wildman–Crippen LogP) is 0.0608. The van der Waals surface area contributed by atoms with Crippen molar-refractivity contribution in [1.29, 1.82) is 0 Å². The molecule has 0 spiro atoms. The summed E-state index contributed by atoms with van der Waals surface area (Å²) in [5, 5.41) is 15.3. The molecule has 4 heteroatoms. The van der Waals surface area contributed by atoms with Crippen LogP contribution >= 0.6 is 11.6 Å². The lowest BCUT2D eigenvalue weighted by molar-refractivity contribution is -0.136. The molecular formula is C4H7ClO3. The van der Waals surface area contributed by atoms with Crippen LogP contribution in [-0.4, -0.2) is 28.2 Å². The van der Waals surface area contributed by atoms with E-state index in [0.29, 0.717) is 0 Å². The monoisotopic (exact) mass is 138 g/mol. The highest BCUT2D eigenvalue weighted by Gasteiger charge is 2.10. The number of aliphatic carboxylic acids is 1. The van der Waals surface area contributed by atoms with E-state index in [1.54, 1.807) is 0 Å². The Morgan fingerprint density at radius 1 is 1.75 bits per heavy atom. The highest BCUT2D eigenvalue weighted by Crippen LogP contribution is 1.99. The van der Waals surface area contributed by atoms with Gasteiger partial charge in [-0.1, -0.05) is 0 Å². The topological polar surface area (TPSA) is 57.5 Å². The molecule has 48 valence electrons. The van der Waals surface area contributed by atoms with Gasteiger partial charge in [0, 0.05) is 6.61 Å². The van der Waals surface area contributed by atoms with Crippen LogP contribution in [0.15, 0.2) is 0 Å². The number of aliphatic hydroxyl groups excluding tert-OH is 1. The number of halogens is 1. The van der Waals surface area contributed by atoms with Crippen molar-refractivity contribution in [2.45, 2.75) is 11.8 Å². The average molecular weight is 139 g/mol. The van der Waals surface area contributed by atoms with Gasteiger partial charge in [0.05, 0.1) is 0 Å². The highest BCUT2D eigenvalue weighted by atomic mass is 35.5. The lowest BCUT2D eigenvalue weighted by Gasteiger charge is -1.97. The van der Waals surface area contributed by atoms with Gasteiger partial charge in [0.15, 0.2) is 0 Å². The number of carboxylic acids is 1. The lowest BCUT2D eigenvalue weighted by atomic mass is 10.3. The second-order valence-electron chi connectivity index (χ2n) is 1.32. The van der Waals surface area contributed by atoms with Crippen molar-refractivity contribution in [3.05, 3.63) is 0 Å². The van der Waals surface area contributed by atoms with Crippen LogP contribution in [0.5, 0.6) is 0 Å². The van der Waals surface area contributed by atoms with Crippen molar-refractivity contribution < 1.29 is 15.0 Å². The molecule has 8 heavy (non-hydrogen) atoms. The molecule has 3 nitrogen and oxygen atoms in total. The molecule has 0 unspecified atom stereocenters. The van der Waals surface area contributed by atoms with E-state index in [0.717, 1.165) is 0 Å². The van der Waals surface area contributed by atoms with Gasteiger partial charge in [-0.25, -0.2) is 0 Å². The quantitative estimate of drug-likeness (QED) is 0.543. The molecule has 0 heterocycles. The molecule has 0 aromatic rings. The number of carboxylic acid groups (broad SMARTS) is 1. The first kappa shape index (κ1) is 7.72. The SMILES string of the molecule is O=C(O)[C@H](Cl)CCO. The van der Waals surface area contributed by atoms with E-state index < -0.39 is 11.3 Å². The fraction of sp³-hybridized carbons (Fsp3) is 0.750. The number of hydrogen-bond acceptors (Lipinski definition) is 2. The molecule has 0 bridgehead atoms. The third-order valence-electron chi connectivity index (χ3n) is 0.651. The van der Waals surface area contributed by atoms with Crippen molar-refractivity contribution in [3.63, 3.8) is 0 Å². The Morgan fingerprint density at radius 2 is 2.25 bits per heavy atom. The minimum Gasteiger partial charge on any atom is -0.480 e. The predicted molar refractivity (Wildman–Crippen MR) is 29.0 cm³/mol. The fourth-order valence-electron chi connectivity index (χ4n) is 0.237. The second-order valence-corrected chi connectivity index (χ2v) is 1.84. The molecule has 2 N–H and O–H groups in total. The summed E-state index contributed by atoms with van der Waals surface area (Å²) in [6.45, 7) is -0.180. The molecule has 0 fully saturated rings. The minimum atomic E-state index is -1.08. The maximum atomic E-state index is 9.85. The number of hydrogen-bond donors (Lipinski definition) is 2. The van der Waals surface area contributed by atoms with Gasteiger partial charge < -0.3 is 10.2 Å². The Labute approximate surface area is 51.9 Å². The normalized spacial score (nSPS) is 13.2. The van der Waals surface area contributed by atoms with Gasteiger partial charge in [0.1, 0.15) is 5.38 Å². The zero-order valence-electron chi connectivity index (χ0n) is 4.17. The molecule has 0 aliphatic carbocycles. The summed E-state index contributed by atoms with van der Waals surface area (Å²) in [6.07, 6.45) is 0.108. The summed E-state index contributed by atoms with van der Waals surface area (Å²) in [4.78, 5) is 9.85. The van der Waals surface area contributed by atoms with Crippen molar-refractivity contribution >= 4 is 17.6 Å². The molecule has 0 aromatic heterocycles. The van der Waals surface area contributed by atoms with Gasteiger partial charge in [-0.3, -0.25) is 4.79 Å². The standard InChI is InChI=1S/C4H7ClO3/c5-3(1-2-6)4(7)8/h3,6H,1-2H2,(H,7,8)/t3-/m1/s1. The summed E-state index contributed by atoms with van der Waals surface area (Å²) in [5.74, 6) is -1.08. The third-order valence-corrected chi connectivity index (χ3v) is 1.06.